The Morgan fingerprint density at radius 3 is 2.17 bits per heavy atom. The van der Waals surface area contributed by atoms with Crippen LogP contribution in [0.2, 0.25) is 0 Å². The van der Waals surface area contributed by atoms with Gasteiger partial charge in [-0.15, -0.1) is 0 Å². The number of primary amides is 1. The molecule has 0 heterocycles. The van der Waals surface area contributed by atoms with E-state index in [1.54, 1.807) is 0 Å². The summed E-state index contributed by atoms with van der Waals surface area (Å²) in [6.45, 7) is 3.80. The fraction of sp³-hybridized carbons (Fsp3) is 0.750. The SMILES string of the molecule is CC(C)[C@H]1C[C@@]1(C(N)=O)C(=O)O. The van der Waals surface area contributed by atoms with Crippen molar-refractivity contribution in [1.29, 1.82) is 0 Å². The molecule has 0 aromatic rings. The van der Waals surface area contributed by atoms with Gasteiger partial charge >= 0.3 is 5.97 Å². The van der Waals surface area contributed by atoms with Crippen molar-refractivity contribution < 1.29 is 14.7 Å². The number of amides is 1. The molecule has 2 atom stereocenters. The third-order valence-corrected chi connectivity index (χ3v) is 2.64. The molecule has 1 rings (SSSR count). The van der Waals surface area contributed by atoms with E-state index in [1.165, 1.54) is 0 Å². The molecule has 1 amide bonds. The Labute approximate surface area is 70.7 Å². The molecule has 1 aliphatic rings. The Kier molecular flexibility index (Phi) is 1.86. The fourth-order valence-corrected chi connectivity index (χ4v) is 1.73. The first-order valence-corrected chi connectivity index (χ1v) is 3.96. The monoisotopic (exact) mass is 171 g/mol. The Bertz CT molecular complexity index is 220. The molecule has 68 valence electrons. The van der Waals surface area contributed by atoms with Crippen molar-refractivity contribution >= 4 is 11.9 Å². The van der Waals surface area contributed by atoms with Crippen LogP contribution >= 0.6 is 0 Å². The standard InChI is InChI=1S/C8H13NO3/c1-4(2)5-3-8(5,6(9)10)7(11)12/h4-5H,3H2,1-2H3,(H2,9,10)(H,11,12)/t5-,8-/m1/s1. The van der Waals surface area contributed by atoms with Crippen molar-refractivity contribution in [2.24, 2.45) is 23.0 Å². The maximum Gasteiger partial charge on any atom is 0.319 e. The smallest absolute Gasteiger partial charge is 0.319 e. The molecule has 0 aliphatic heterocycles. The van der Waals surface area contributed by atoms with Crippen LogP contribution in [0, 0.1) is 17.3 Å². The summed E-state index contributed by atoms with van der Waals surface area (Å²) in [4.78, 5) is 21.6. The molecule has 1 saturated carbocycles. The zero-order chi connectivity index (χ0) is 9.52. The Hall–Kier alpha value is -1.06. The molecule has 1 aliphatic carbocycles. The normalized spacial score (nSPS) is 33.4. The second kappa shape index (κ2) is 2.47. The Balaban J connectivity index is 2.83. The van der Waals surface area contributed by atoms with Crippen molar-refractivity contribution in [3.63, 3.8) is 0 Å². The summed E-state index contributed by atoms with van der Waals surface area (Å²) in [5.74, 6) is -1.65. The summed E-state index contributed by atoms with van der Waals surface area (Å²) < 4.78 is 0. The lowest BCUT2D eigenvalue weighted by atomic mass is 9.97. The van der Waals surface area contributed by atoms with Gasteiger partial charge in [-0.25, -0.2) is 0 Å². The number of hydrogen-bond donors (Lipinski definition) is 2. The van der Waals surface area contributed by atoms with Crippen LogP contribution in [0.4, 0.5) is 0 Å². The minimum Gasteiger partial charge on any atom is -0.480 e. The second-order valence-electron chi connectivity index (χ2n) is 3.70. The molecule has 0 aromatic carbocycles. The predicted octanol–water partition coefficient (Wildman–Crippen LogP) is 0.219. The van der Waals surface area contributed by atoms with E-state index in [2.05, 4.69) is 0 Å². The van der Waals surface area contributed by atoms with Gasteiger partial charge in [0.2, 0.25) is 5.91 Å². The van der Waals surface area contributed by atoms with Gasteiger partial charge in [0.25, 0.3) is 0 Å². The highest BCUT2D eigenvalue weighted by Crippen LogP contribution is 2.56. The molecule has 0 unspecified atom stereocenters. The van der Waals surface area contributed by atoms with E-state index in [0.29, 0.717) is 6.42 Å². The summed E-state index contributed by atoms with van der Waals surface area (Å²) in [6, 6.07) is 0. The molecular formula is C8H13NO3. The third kappa shape index (κ3) is 0.983. The maximum atomic E-state index is 10.9. The van der Waals surface area contributed by atoms with E-state index in [9.17, 15) is 9.59 Å². The number of carboxylic acid groups (broad SMARTS) is 1. The van der Waals surface area contributed by atoms with Crippen molar-refractivity contribution in [1.82, 2.24) is 0 Å². The van der Waals surface area contributed by atoms with Crippen LogP contribution in [0.5, 0.6) is 0 Å². The molecule has 3 N–H and O–H groups in total. The van der Waals surface area contributed by atoms with Gasteiger partial charge in [-0.3, -0.25) is 9.59 Å². The molecule has 4 nitrogen and oxygen atoms in total. The average molecular weight is 171 g/mol. The average Bonchev–Trinajstić information content (AvgIpc) is 2.60. The van der Waals surface area contributed by atoms with E-state index in [1.807, 2.05) is 13.8 Å². The molecule has 0 spiro atoms. The van der Waals surface area contributed by atoms with Crippen molar-refractivity contribution in [3.05, 3.63) is 0 Å². The topological polar surface area (TPSA) is 80.4 Å². The lowest BCUT2D eigenvalue weighted by molar-refractivity contribution is -0.149. The zero-order valence-corrected chi connectivity index (χ0v) is 7.20. The van der Waals surface area contributed by atoms with Gasteiger partial charge in [0, 0.05) is 0 Å². The minimum absolute atomic E-state index is 0.0764. The van der Waals surface area contributed by atoms with Gasteiger partial charge in [-0.05, 0) is 18.3 Å². The van der Waals surface area contributed by atoms with Gasteiger partial charge in [-0.2, -0.15) is 0 Å². The third-order valence-electron chi connectivity index (χ3n) is 2.64. The quantitative estimate of drug-likeness (QED) is 0.596. The van der Waals surface area contributed by atoms with Crippen LogP contribution in [0.25, 0.3) is 0 Å². The molecule has 0 bridgehead atoms. The van der Waals surface area contributed by atoms with Crippen LogP contribution in [0.1, 0.15) is 20.3 Å². The number of hydrogen-bond acceptors (Lipinski definition) is 2. The Morgan fingerprint density at radius 2 is 2.08 bits per heavy atom. The first kappa shape index (κ1) is 9.03. The number of rotatable bonds is 3. The molecular weight excluding hydrogens is 158 g/mol. The molecule has 0 aromatic heterocycles. The molecule has 4 heteroatoms. The predicted molar refractivity (Wildman–Crippen MR) is 42.2 cm³/mol. The zero-order valence-electron chi connectivity index (χ0n) is 7.20. The van der Waals surface area contributed by atoms with Gasteiger partial charge < -0.3 is 10.8 Å². The van der Waals surface area contributed by atoms with Gasteiger partial charge in [0.15, 0.2) is 0 Å². The van der Waals surface area contributed by atoms with Gasteiger partial charge in [0.1, 0.15) is 5.41 Å². The number of carbonyl (C=O) groups is 2. The summed E-state index contributed by atoms with van der Waals surface area (Å²) >= 11 is 0. The van der Waals surface area contributed by atoms with E-state index in [0.717, 1.165) is 0 Å². The van der Waals surface area contributed by atoms with Crippen LogP contribution in [-0.4, -0.2) is 17.0 Å². The number of carbonyl (C=O) groups excluding carboxylic acids is 1. The molecule has 0 saturated heterocycles. The Morgan fingerprint density at radius 1 is 1.58 bits per heavy atom. The highest BCUT2D eigenvalue weighted by atomic mass is 16.4. The minimum atomic E-state index is -1.26. The molecule has 1 fully saturated rings. The summed E-state index contributed by atoms with van der Waals surface area (Å²) in [5.41, 5.74) is 3.79. The number of carboxylic acids is 1. The highest BCUT2D eigenvalue weighted by molar-refractivity contribution is 6.04. The summed E-state index contributed by atoms with van der Waals surface area (Å²) in [7, 11) is 0. The largest absolute Gasteiger partial charge is 0.480 e. The first-order valence-electron chi connectivity index (χ1n) is 3.96. The van der Waals surface area contributed by atoms with Crippen LogP contribution in [0.15, 0.2) is 0 Å². The van der Waals surface area contributed by atoms with Gasteiger partial charge in [-0.1, -0.05) is 13.8 Å². The van der Waals surface area contributed by atoms with Crippen LogP contribution in [0.3, 0.4) is 0 Å². The lowest BCUT2D eigenvalue weighted by Crippen LogP contribution is -2.34. The fourth-order valence-electron chi connectivity index (χ4n) is 1.73. The van der Waals surface area contributed by atoms with E-state index in [-0.39, 0.29) is 11.8 Å². The van der Waals surface area contributed by atoms with E-state index >= 15 is 0 Å². The number of nitrogens with two attached hydrogens (primary N) is 1. The van der Waals surface area contributed by atoms with Crippen LogP contribution in [-0.2, 0) is 9.59 Å². The first-order chi connectivity index (χ1) is 5.43. The van der Waals surface area contributed by atoms with Crippen molar-refractivity contribution in [3.8, 4) is 0 Å². The lowest BCUT2D eigenvalue weighted by Gasteiger charge is -2.09. The van der Waals surface area contributed by atoms with Crippen molar-refractivity contribution in [2.45, 2.75) is 20.3 Å². The van der Waals surface area contributed by atoms with E-state index < -0.39 is 17.3 Å². The summed E-state index contributed by atoms with van der Waals surface area (Å²) in [5, 5.41) is 8.79. The number of aliphatic carboxylic acids is 1. The molecule has 12 heavy (non-hydrogen) atoms. The maximum absolute atomic E-state index is 10.9. The van der Waals surface area contributed by atoms with Crippen LogP contribution < -0.4 is 5.73 Å². The second-order valence-corrected chi connectivity index (χ2v) is 3.70. The molecule has 0 radical (unpaired) electrons. The van der Waals surface area contributed by atoms with Gasteiger partial charge in [0.05, 0.1) is 0 Å². The van der Waals surface area contributed by atoms with E-state index in [4.69, 9.17) is 10.8 Å². The highest BCUT2D eigenvalue weighted by Gasteiger charge is 2.66. The van der Waals surface area contributed by atoms with Crippen molar-refractivity contribution in [2.75, 3.05) is 0 Å². The summed E-state index contributed by atoms with van der Waals surface area (Å²) in [6.07, 6.45) is 0.398.